The van der Waals surface area contributed by atoms with Gasteiger partial charge >= 0.3 is 5.97 Å². The van der Waals surface area contributed by atoms with Crippen LogP contribution in [0, 0.1) is 6.92 Å². The maximum absolute atomic E-state index is 13.7. The van der Waals surface area contributed by atoms with Crippen LogP contribution in [-0.4, -0.2) is 21.0 Å². The van der Waals surface area contributed by atoms with Crippen LogP contribution < -0.4 is 4.31 Å². The molecular weight excluding hydrogens is 406 g/mol. The van der Waals surface area contributed by atoms with E-state index in [9.17, 15) is 13.2 Å². The Morgan fingerprint density at radius 3 is 2.55 bits per heavy atom. The Balaban J connectivity index is 1.90. The molecule has 1 aliphatic heterocycles. The standard InChI is InChI=1S/C22H21NO4S2/c1-3-27-21(24)14-20-18-12-13-28-22(18)17-6-4-5-7-19(17)23(20)29(25,26)16-10-8-15(2)9-11-16/h4-13,20H,3,14H2,1-2H3. The van der Waals surface area contributed by atoms with Gasteiger partial charge in [-0.25, -0.2) is 8.42 Å². The van der Waals surface area contributed by atoms with Crippen LogP contribution in [0.25, 0.3) is 10.4 Å². The summed E-state index contributed by atoms with van der Waals surface area (Å²) < 4.78 is 34.0. The first-order valence-corrected chi connectivity index (χ1v) is 11.7. The number of para-hydroxylation sites is 1. The molecule has 1 aromatic heterocycles. The number of sulfonamides is 1. The van der Waals surface area contributed by atoms with E-state index >= 15 is 0 Å². The molecule has 1 unspecified atom stereocenters. The zero-order valence-corrected chi connectivity index (χ0v) is 17.8. The second kappa shape index (κ2) is 7.65. The summed E-state index contributed by atoms with van der Waals surface area (Å²) in [6, 6.07) is 15.4. The Kier molecular flexibility index (Phi) is 5.19. The van der Waals surface area contributed by atoms with Gasteiger partial charge in [-0.1, -0.05) is 35.9 Å². The molecule has 0 N–H and O–H groups in total. The Labute approximate surface area is 174 Å². The number of hydrogen-bond donors (Lipinski definition) is 0. The van der Waals surface area contributed by atoms with Crippen molar-refractivity contribution in [2.45, 2.75) is 31.2 Å². The predicted octanol–water partition coefficient (Wildman–Crippen LogP) is 4.93. The number of rotatable bonds is 5. The van der Waals surface area contributed by atoms with Crippen molar-refractivity contribution < 1.29 is 17.9 Å². The highest BCUT2D eigenvalue weighted by Crippen LogP contribution is 2.50. The maximum atomic E-state index is 13.7. The van der Waals surface area contributed by atoms with Crippen molar-refractivity contribution in [3.05, 3.63) is 71.1 Å². The van der Waals surface area contributed by atoms with Crippen molar-refractivity contribution in [3.8, 4) is 10.4 Å². The number of aryl methyl sites for hydroxylation is 1. The average Bonchev–Trinajstić information content (AvgIpc) is 3.19. The molecule has 7 heteroatoms. The van der Waals surface area contributed by atoms with Crippen LogP contribution in [0.4, 0.5) is 5.69 Å². The van der Waals surface area contributed by atoms with Gasteiger partial charge in [0.05, 0.1) is 29.7 Å². The number of anilines is 1. The Morgan fingerprint density at radius 2 is 1.83 bits per heavy atom. The van der Waals surface area contributed by atoms with Crippen LogP contribution in [0.2, 0.25) is 0 Å². The molecule has 1 aliphatic rings. The van der Waals surface area contributed by atoms with E-state index in [4.69, 9.17) is 4.74 Å². The SMILES string of the molecule is CCOC(=O)CC1c2ccsc2-c2ccccc2N1S(=O)(=O)c1ccc(C)cc1. The summed E-state index contributed by atoms with van der Waals surface area (Å²) in [7, 11) is -3.89. The molecule has 0 fully saturated rings. The monoisotopic (exact) mass is 427 g/mol. The number of carbonyl (C=O) groups is 1. The minimum absolute atomic E-state index is 0.0446. The van der Waals surface area contributed by atoms with Gasteiger partial charge in [-0.05, 0) is 49.1 Å². The second-order valence-corrected chi connectivity index (χ2v) is 9.59. The Morgan fingerprint density at radius 1 is 1.10 bits per heavy atom. The van der Waals surface area contributed by atoms with Gasteiger partial charge in [-0.15, -0.1) is 11.3 Å². The molecule has 0 aliphatic carbocycles. The zero-order valence-electron chi connectivity index (χ0n) is 16.2. The number of hydrogen-bond acceptors (Lipinski definition) is 5. The first-order chi connectivity index (χ1) is 13.9. The second-order valence-electron chi connectivity index (χ2n) is 6.86. The topological polar surface area (TPSA) is 63.7 Å². The van der Waals surface area contributed by atoms with Gasteiger partial charge < -0.3 is 4.74 Å². The third kappa shape index (κ3) is 3.45. The summed E-state index contributed by atoms with van der Waals surface area (Å²) >= 11 is 1.55. The highest BCUT2D eigenvalue weighted by Gasteiger charge is 2.40. The molecule has 0 bridgehead atoms. The first kappa shape index (κ1) is 19.7. The third-order valence-electron chi connectivity index (χ3n) is 4.97. The van der Waals surface area contributed by atoms with E-state index in [-0.39, 0.29) is 17.9 Å². The first-order valence-electron chi connectivity index (χ1n) is 9.37. The molecule has 150 valence electrons. The number of benzene rings is 2. The fraction of sp³-hybridized carbons (Fsp3) is 0.227. The van der Waals surface area contributed by atoms with Crippen molar-refractivity contribution in [2.75, 3.05) is 10.9 Å². The van der Waals surface area contributed by atoms with Crippen LogP contribution in [-0.2, 0) is 19.6 Å². The fourth-order valence-corrected chi connectivity index (χ4v) is 6.28. The average molecular weight is 428 g/mol. The Hall–Kier alpha value is -2.64. The highest BCUT2D eigenvalue weighted by molar-refractivity contribution is 7.92. The molecular formula is C22H21NO4S2. The molecule has 1 atom stereocenters. The van der Waals surface area contributed by atoms with E-state index < -0.39 is 22.0 Å². The number of carbonyl (C=O) groups excluding carboxylic acids is 1. The molecule has 0 spiro atoms. The quantitative estimate of drug-likeness (QED) is 0.542. The lowest BCUT2D eigenvalue weighted by Gasteiger charge is -2.37. The molecule has 0 saturated carbocycles. The molecule has 4 rings (SSSR count). The van der Waals surface area contributed by atoms with Crippen molar-refractivity contribution >= 4 is 33.0 Å². The molecule has 0 saturated heterocycles. The minimum Gasteiger partial charge on any atom is -0.466 e. The minimum atomic E-state index is -3.89. The summed E-state index contributed by atoms with van der Waals surface area (Å²) in [5.41, 5.74) is 3.24. The molecule has 29 heavy (non-hydrogen) atoms. The van der Waals surface area contributed by atoms with E-state index in [0.29, 0.717) is 5.69 Å². The lowest BCUT2D eigenvalue weighted by molar-refractivity contribution is -0.143. The zero-order chi connectivity index (χ0) is 20.6. The third-order valence-corrected chi connectivity index (χ3v) is 7.77. The predicted molar refractivity (Wildman–Crippen MR) is 115 cm³/mol. The number of ether oxygens (including phenoxy) is 1. The highest BCUT2D eigenvalue weighted by atomic mass is 32.2. The molecule has 2 heterocycles. The van der Waals surface area contributed by atoms with Gasteiger partial charge in [0.1, 0.15) is 0 Å². The molecule has 3 aromatic rings. The van der Waals surface area contributed by atoms with Gasteiger partial charge in [-0.3, -0.25) is 9.10 Å². The van der Waals surface area contributed by atoms with E-state index in [1.807, 2.05) is 36.6 Å². The number of esters is 1. The lowest BCUT2D eigenvalue weighted by Crippen LogP contribution is -2.38. The molecule has 5 nitrogen and oxygen atoms in total. The molecule has 2 aromatic carbocycles. The van der Waals surface area contributed by atoms with Crippen molar-refractivity contribution in [2.24, 2.45) is 0 Å². The lowest BCUT2D eigenvalue weighted by atomic mass is 9.95. The van der Waals surface area contributed by atoms with E-state index in [2.05, 4.69) is 0 Å². The van der Waals surface area contributed by atoms with Gasteiger partial charge in [0.15, 0.2) is 0 Å². The van der Waals surface area contributed by atoms with Crippen molar-refractivity contribution in [1.82, 2.24) is 0 Å². The van der Waals surface area contributed by atoms with Crippen molar-refractivity contribution in [3.63, 3.8) is 0 Å². The Bertz CT molecular complexity index is 1150. The number of thiophene rings is 1. The van der Waals surface area contributed by atoms with Gasteiger partial charge in [0, 0.05) is 10.4 Å². The summed E-state index contributed by atoms with van der Waals surface area (Å²) in [5, 5.41) is 1.93. The van der Waals surface area contributed by atoms with E-state index in [1.54, 1.807) is 48.6 Å². The summed E-state index contributed by atoms with van der Waals surface area (Å²) in [4.78, 5) is 13.6. The molecule has 0 amide bonds. The van der Waals surface area contributed by atoms with Gasteiger partial charge in [0.25, 0.3) is 10.0 Å². The summed E-state index contributed by atoms with van der Waals surface area (Å²) in [6.07, 6.45) is -0.0446. The fourth-order valence-electron chi connectivity index (χ4n) is 3.64. The summed E-state index contributed by atoms with van der Waals surface area (Å²) in [5.74, 6) is -0.418. The maximum Gasteiger partial charge on any atom is 0.308 e. The number of fused-ring (bicyclic) bond motifs is 3. The largest absolute Gasteiger partial charge is 0.466 e. The normalized spacial score (nSPS) is 15.5. The smallest absolute Gasteiger partial charge is 0.308 e. The van der Waals surface area contributed by atoms with Gasteiger partial charge in [0.2, 0.25) is 0 Å². The van der Waals surface area contributed by atoms with Crippen LogP contribution in [0.1, 0.15) is 30.5 Å². The van der Waals surface area contributed by atoms with Crippen molar-refractivity contribution in [1.29, 1.82) is 0 Å². The van der Waals surface area contributed by atoms with Crippen LogP contribution in [0.15, 0.2) is 64.9 Å². The summed E-state index contributed by atoms with van der Waals surface area (Å²) in [6.45, 7) is 3.90. The van der Waals surface area contributed by atoms with E-state index in [1.165, 1.54) is 4.31 Å². The van der Waals surface area contributed by atoms with Crippen LogP contribution >= 0.6 is 11.3 Å². The molecule has 0 radical (unpaired) electrons. The van der Waals surface area contributed by atoms with Crippen LogP contribution in [0.5, 0.6) is 0 Å². The van der Waals surface area contributed by atoms with Gasteiger partial charge in [-0.2, -0.15) is 0 Å². The van der Waals surface area contributed by atoms with E-state index in [0.717, 1.165) is 21.6 Å². The number of nitrogens with zero attached hydrogens (tertiary/aromatic N) is 1. The van der Waals surface area contributed by atoms with Crippen LogP contribution in [0.3, 0.4) is 0 Å².